The third kappa shape index (κ3) is 2.21. The standard InChI is InChI=1S/C9H9F3O/c1-5(13)4-6-7(10)2-3-8(11)9(6)12/h2-3,5,13H,4H2,1H3/t5-/m1/s1. The second-order valence-corrected chi connectivity index (χ2v) is 2.87. The maximum absolute atomic E-state index is 12.9. The Hall–Kier alpha value is -1.03. The summed E-state index contributed by atoms with van der Waals surface area (Å²) in [5, 5.41) is 8.89. The van der Waals surface area contributed by atoms with Crippen LogP contribution in [0, 0.1) is 17.5 Å². The van der Waals surface area contributed by atoms with Gasteiger partial charge in [0.05, 0.1) is 6.10 Å². The molecule has 0 spiro atoms. The minimum Gasteiger partial charge on any atom is -0.393 e. The fourth-order valence-electron chi connectivity index (χ4n) is 1.05. The summed E-state index contributed by atoms with van der Waals surface area (Å²) in [6, 6.07) is 1.56. The van der Waals surface area contributed by atoms with Gasteiger partial charge in [-0.15, -0.1) is 0 Å². The first-order chi connectivity index (χ1) is 6.02. The van der Waals surface area contributed by atoms with Gasteiger partial charge in [-0.3, -0.25) is 0 Å². The minimum atomic E-state index is -1.22. The third-order valence-electron chi connectivity index (χ3n) is 1.64. The van der Waals surface area contributed by atoms with Gasteiger partial charge in [0, 0.05) is 12.0 Å². The minimum absolute atomic E-state index is 0.227. The quantitative estimate of drug-likeness (QED) is 0.707. The van der Waals surface area contributed by atoms with Crippen LogP contribution in [0.1, 0.15) is 12.5 Å². The number of aliphatic hydroxyl groups is 1. The number of hydrogen-bond acceptors (Lipinski definition) is 1. The van der Waals surface area contributed by atoms with Crippen LogP contribution in [0.15, 0.2) is 12.1 Å². The molecule has 72 valence electrons. The fraction of sp³-hybridized carbons (Fsp3) is 0.333. The highest BCUT2D eigenvalue weighted by Crippen LogP contribution is 2.17. The SMILES string of the molecule is C[C@@H](O)Cc1c(F)ccc(F)c1F. The zero-order chi connectivity index (χ0) is 10.0. The highest BCUT2D eigenvalue weighted by atomic mass is 19.2. The molecule has 0 radical (unpaired) electrons. The second kappa shape index (κ2) is 3.79. The van der Waals surface area contributed by atoms with Crippen LogP contribution in [0.25, 0.3) is 0 Å². The number of aliphatic hydroxyl groups excluding tert-OH is 1. The van der Waals surface area contributed by atoms with Crippen LogP contribution in [-0.2, 0) is 6.42 Å². The van der Waals surface area contributed by atoms with Crippen molar-refractivity contribution in [3.8, 4) is 0 Å². The van der Waals surface area contributed by atoms with Crippen molar-refractivity contribution < 1.29 is 18.3 Å². The van der Waals surface area contributed by atoms with Gasteiger partial charge in [0.2, 0.25) is 0 Å². The highest BCUT2D eigenvalue weighted by Gasteiger charge is 2.14. The normalized spacial score (nSPS) is 13.0. The van der Waals surface area contributed by atoms with Crippen molar-refractivity contribution in [1.29, 1.82) is 0 Å². The summed E-state index contributed by atoms with van der Waals surface area (Å²) in [6.07, 6.45) is -1.12. The van der Waals surface area contributed by atoms with E-state index in [-0.39, 0.29) is 6.42 Å². The Labute approximate surface area is 73.8 Å². The topological polar surface area (TPSA) is 20.2 Å². The summed E-state index contributed by atoms with van der Waals surface area (Å²) in [5.74, 6) is -3.15. The van der Waals surface area contributed by atoms with Gasteiger partial charge in [-0.05, 0) is 19.1 Å². The lowest BCUT2D eigenvalue weighted by molar-refractivity contribution is 0.192. The Kier molecular flexibility index (Phi) is 2.93. The fourth-order valence-corrected chi connectivity index (χ4v) is 1.05. The van der Waals surface area contributed by atoms with Gasteiger partial charge >= 0.3 is 0 Å². The largest absolute Gasteiger partial charge is 0.393 e. The first-order valence-corrected chi connectivity index (χ1v) is 3.82. The lowest BCUT2D eigenvalue weighted by Gasteiger charge is -2.07. The van der Waals surface area contributed by atoms with Crippen LogP contribution in [0.5, 0.6) is 0 Å². The molecule has 0 saturated heterocycles. The van der Waals surface area contributed by atoms with E-state index in [1.165, 1.54) is 6.92 Å². The predicted molar refractivity (Wildman–Crippen MR) is 41.7 cm³/mol. The zero-order valence-electron chi connectivity index (χ0n) is 7.02. The summed E-state index contributed by atoms with van der Waals surface area (Å²) in [4.78, 5) is 0. The number of hydrogen-bond donors (Lipinski definition) is 1. The molecule has 0 unspecified atom stereocenters. The average Bonchev–Trinajstić information content (AvgIpc) is 2.05. The van der Waals surface area contributed by atoms with E-state index in [9.17, 15) is 13.2 Å². The number of rotatable bonds is 2. The lowest BCUT2D eigenvalue weighted by Crippen LogP contribution is -2.09. The molecule has 0 fully saturated rings. The Morgan fingerprint density at radius 1 is 1.23 bits per heavy atom. The molecule has 1 rings (SSSR count). The molecule has 4 heteroatoms. The van der Waals surface area contributed by atoms with E-state index in [1.807, 2.05) is 0 Å². The highest BCUT2D eigenvalue weighted by molar-refractivity contribution is 5.21. The zero-order valence-corrected chi connectivity index (χ0v) is 7.02. The predicted octanol–water partition coefficient (Wildman–Crippen LogP) is 2.03. The van der Waals surface area contributed by atoms with Gasteiger partial charge in [0.1, 0.15) is 5.82 Å². The van der Waals surface area contributed by atoms with Crippen LogP contribution in [0.3, 0.4) is 0 Å². The molecule has 0 aliphatic rings. The van der Waals surface area contributed by atoms with Gasteiger partial charge in [0.15, 0.2) is 11.6 Å². The molecular weight excluding hydrogens is 181 g/mol. The summed E-state index contributed by atoms with van der Waals surface area (Å²) in [5.41, 5.74) is -0.407. The Morgan fingerprint density at radius 2 is 1.77 bits per heavy atom. The molecule has 13 heavy (non-hydrogen) atoms. The third-order valence-corrected chi connectivity index (χ3v) is 1.64. The molecule has 0 saturated carbocycles. The summed E-state index contributed by atoms with van der Waals surface area (Å²) in [6.45, 7) is 1.38. The first kappa shape index (κ1) is 10.1. The van der Waals surface area contributed by atoms with Crippen molar-refractivity contribution in [1.82, 2.24) is 0 Å². The molecule has 0 aromatic heterocycles. The van der Waals surface area contributed by atoms with Gasteiger partial charge in [-0.1, -0.05) is 0 Å². The molecule has 1 aromatic rings. The molecule has 0 bridgehead atoms. The maximum Gasteiger partial charge on any atom is 0.165 e. The second-order valence-electron chi connectivity index (χ2n) is 2.87. The van der Waals surface area contributed by atoms with Crippen LogP contribution >= 0.6 is 0 Å². The number of halogens is 3. The van der Waals surface area contributed by atoms with E-state index in [2.05, 4.69) is 0 Å². The van der Waals surface area contributed by atoms with Gasteiger partial charge in [-0.25, -0.2) is 13.2 Å². The van der Waals surface area contributed by atoms with Crippen LogP contribution < -0.4 is 0 Å². The monoisotopic (exact) mass is 190 g/mol. The van der Waals surface area contributed by atoms with Crippen molar-refractivity contribution in [2.75, 3.05) is 0 Å². The Bertz CT molecular complexity index is 310. The van der Waals surface area contributed by atoms with E-state index >= 15 is 0 Å². The van der Waals surface area contributed by atoms with Crippen molar-refractivity contribution in [2.45, 2.75) is 19.4 Å². The molecule has 0 amide bonds. The van der Waals surface area contributed by atoms with Crippen molar-refractivity contribution in [3.63, 3.8) is 0 Å². The summed E-state index contributed by atoms with van der Waals surface area (Å²) >= 11 is 0. The Balaban J connectivity index is 3.10. The summed E-state index contributed by atoms with van der Waals surface area (Å²) < 4.78 is 38.4. The maximum atomic E-state index is 12.9. The molecular formula is C9H9F3O. The molecule has 0 heterocycles. The van der Waals surface area contributed by atoms with E-state index in [0.29, 0.717) is 0 Å². The van der Waals surface area contributed by atoms with Gasteiger partial charge < -0.3 is 5.11 Å². The van der Waals surface area contributed by atoms with Crippen LogP contribution in [-0.4, -0.2) is 11.2 Å². The van der Waals surface area contributed by atoms with E-state index in [0.717, 1.165) is 12.1 Å². The first-order valence-electron chi connectivity index (χ1n) is 3.82. The lowest BCUT2D eigenvalue weighted by atomic mass is 10.1. The Morgan fingerprint density at radius 3 is 2.31 bits per heavy atom. The molecule has 1 aromatic carbocycles. The molecule has 1 atom stereocenters. The van der Waals surface area contributed by atoms with E-state index in [1.54, 1.807) is 0 Å². The molecule has 0 aliphatic carbocycles. The molecule has 0 aliphatic heterocycles. The molecule has 1 nitrogen and oxygen atoms in total. The van der Waals surface area contributed by atoms with E-state index in [4.69, 9.17) is 5.11 Å². The van der Waals surface area contributed by atoms with Crippen LogP contribution in [0.4, 0.5) is 13.2 Å². The van der Waals surface area contributed by atoms with Crippen LogP contribution in [0.2, 0.25) is 0 Å². The van der Waals surface area contributed by atoms with Gasteiger partial charge in [-0.2, -0.15) is 0 Å². The van der Waals surface area contributed by atoms with Crippen molar-refractivity contribution in [3.05, 3.63) is 35.1 Å². The van der Waals surface area contributed by atoms with Crippen molar-refractivity contribution in [2.24, 2.45) is 0 Å². The smallest absolute Gasteiger partial charge is 0.165 e. The molecule has 1 N–H and O–H groups in total. The average molecular weight is 190 g/mol. The number of benzene rings is 1. The van der Waals surface area contributed by atoms with Gasteiger partial charge in [0.25, 0.3) is 0 Å². The summed E-state index contributed by atoms with van der Waals surface area (Å²) in [7, 11) is 0. The van der Waals surface area contributed by atoms with Crippen molar-refractivity contribution >= 4 is 0 Å². The van der Waals surface area contributed by atoms with E-state index < -0.39 is 29.1 Å².